The van der Waals surface area contributed by atoms with Crippen LogP contribution in [0.3, 0.4) is 0 Å². The monoisotopic (exact) mass is 325 g/mol. The molecule has 3 N–H and O–H groups in total. The van der Waals surface area contributed by atoms with Crippen LogP contribution in [0.5, 0.6) is 0 Å². The number of anilines is 2. The van der Waals surface area contributed by atoms with Crippen LogP contribution in [0, 0.1) is 0 Å². The normalized spacial score (nSPS) is 10.1. The van der Waals surface area contributed by atoms with Gasteiger partial charge in [0.1, 0.15) is 11.5 Å². The summed E-state index contributed by atoms with van der Waals surface area (Å²) in [6.07, 6.45) is 0. The minimum atomic E-state index is -0.359. The predicted molar refractivity (Wildman–Crippen MR) is 75.8 cm³/mol. The number of hydrogen-bond acceptors (Lipinski definition) is 3. The number of aromatic nitrogens is 1. The van der Waals surface area contributed by atoms with Crippen molar-refractivity contribution >= 4 is 44.9 Å². The first-order valence-corrected chi connectivity index (χ1v) is 6.22. The zero-order chi connectivity index (χ0) is 13.1. The van der Waals surface area contributed by atoms with E-state index in [1.807, 2.05) is 0 Å². The topological polar surface area (TPSA) is 68.0 Å². The van der Waals surface area contributed by atoms with Gasteiger partial charge < -0.3 is 11.1 Å². The molecule has 0 atom stereocenters. The lowest BCUT2D eigenvalue weighted by atomic mass is 10.3. The summed E-state index contributed by atoms with van der Waals surface area (Å²) in [5.41, 5.74) is 6.27. The van der Waals surface area contributed by atoms with Crippen LogP contribution < -0.4 is 11.1 Å². The number of pyridine rings is 1. The number of nitrogens with two attached hydrogens (primary N) is 1. The quantitative estimate of drug-likeness (QED) is 0.889. The van der Waals surface area contributed by atoms with Crippen molar-refractivity contribution in [1.29, 1.82) is 0 Å². The summed E-state index contributed by atoms with van der Waals surface area (Å²) in [6, 6.07) is 10.1. The fraction of sp³-hybridized carbons (Fsp3) is 0. The van der Waals surface area contributed by atoms with Crippen molar-refractivity contribution in [2.75, 3.05) is 11.1 Å². The maximum atomic E-state index is 11.9. The molecule has 1 aromatic heterocycles. The fourth-order valence-electron chi connectivity index (χ4n) is 1.36. The molecule has 1 aromatic carbocycles. The van der Waals surface area contributed by atoms with Crippen LogP contribution in [0.4, 0.5) is 11.5 Å². The van der Waals surface area contributed by atoms with Crippen LogP contribution in [-0.4, -0.2) is 10.9 Å². The number of nitrogens with zero attached hydrogens (tertiary/aromatic N) is 1. The van der Waals surface area contributed by atoms with E-state index >= 15 is 0 Å². The lowest BCUT2D eigenvalue weighted by Crippen LogP contribution is -2.14. The average Bonchev–Trinajstić information content (AvgIpc) is 2.34. The third-order valence-corrected chi connectivity index (χ3v) is 3.00. The largest absolute Gasteiger partial charge is 0.384 e. The van der Waals surface area contributed by atoms with Crippen LogP contribution in [-0.2, 0) is 0 Å². The van der Waals surface area contributed by atoms with E-state index in [1.165, 1.54) is 0 Å². The number of carbonyl (C=O) groups excluding carboxylic acids is 1. The van der Waals surface area contributed by atoms with Gasteiger partial charge in [-0.15, -0.1) is 0 Å². The van der Waals surface area contributed by atoms with E-state index in [1.54, 1.807) is 36.4 Å². The van der Waals surface area contributed by atoms with Gasteiger partial charge in [-0.2, -0.15) is 0 Å². The van der Waals surface area contributed by atoms with Gasteiger partial charge in [-0.05, 0) is 30.3 Å². The maximum absolute atomic E-state index is 11.9. The number of rotatable bonds is 2. The van der Waals surface area contributed by atoms with Crippen molar-refractivity contribution in [3.8, 4) is 0 Å². The molecule has 0 aliphatic rings. The minimum Gasteiger partial charge on any atom is -0.384 e. The molecule has 0 aliphatic carbocycles. The van der Waals surface area contributed by atoms with E-state index in [0.717, 1.165) is 4.47 Å². The average molecular weight is 327 g/mol. The zero-order valence-electron chi connectivity index (χ0n) is 9.15. The molecule has 2 aromatic rings. The van der Waals surface area contributed by atoms with Gasteiger partial charge in [0, 0.05) is 4.47 Å². The number of nitrogen functional groups attached to an aromatic ring is 1. The Bertz CT molecular complexity index is 604. The molecular formula is C12H9BrClN3O. The summed E-state index contributed by atoms with van der Waals surface area (Å²) in [5, 5.41) is 3.13. The second-order valence-corrected chi connectivity index (χ2v) is 4.85. The Kier molecular flexibility index (Phi) is 3.84. The first-order valence-electron chi connectivity index (χ1n) is 5.05. The first-order chi connectivity index (χ1) is 8.56. The molecule has 0 saturated heterocycles. The third-order valence-electron chi connectivity index (χ3n) is 2.18. The highest BCUT2D eigenvalue weighted by Gasteiger charge is 2.10. The molecule has 0 spiro atoms. The van der Waals surface area contributed by atoms with Gasteiger partial charge in [0.15, 0.2) is 0 Å². The van der Waals surface area contributed by atoms with Gasteiger partial charge in [0.25, 0.3) is 5.91 Å². The van der Waals surface area contributed by atoms with Crippen LogP contribution in [0.15, 0.2) is 40.9 Å². The summed E-state index contributed by atoms with van der Waals surface area (Å²) in [7, 11) is 0. The molecule has 0 fully saturated rings. The summed E-state index contributed by atoms with van der Waals surface area (Å²) in [5.74, 6) is -0.0645. The Labute approximate surface area is 117 Å². The van der Waals surface area contributed by atoms with Gasteiger partial charge in [-0.3, -0.25) is 4.79 Å². The van der Waals surface area contributed by atoms with Crippen molar-refractivity contribution in [2.45, 2.75) is 0 Å². The van der Waals surface area contributed by atoms with Crippen molar-refractivity contribution in [2.24, 2.45) is 0 Å². The summed E-state index contributed by atoms with van der Waals surface area (Å²) in [4.78, 5) is 15.9. The van der Waals surface area contributed by atoms with Crippen molar-refractivity contribution < 1.29 is 4.79 Å². The molecule has 0 unspecified atom stereocenters. The molecule has 18 heavy (non-hydrogen) atoms. The van der Waals surface area contributed by atoms with Crippen LogP contribution in [0.1, 0.15) is 10.5 Å². The number of amides is 1. The standard InChI is InChI=1S/C12H9BrClN3O/c13-7-4-5-8(14)10(6-7)17-12(18)9-2-1-3-11(15)16-9/h1-6H,(H2,15,16)(H,17,18). The molecule has 0 saturated carbocycles. The molecule has 6 heteroatoms. The Morgan fingerprint density at radius 2 is 2.11 bits per heavy atom. The summed E-state index contributed by atoms with van der Waals surface area (Å²) in [6.45, 7) is 0. The van der Waals surface area contributed by atoms with E-state index in [2.05, 4.69) is 26.2 Å². The Balaban J connectivity index is 2.24. The highest BCUT2D eigenvalue weighted by Crippen LogP contribution is 2.26. The maximum Gasteiger partial charge on any atom is 0.274 e. The van der Waals surface area contributed by atoms with E-state index in [0.29, 0.717) is 16.5 Å². The van der Waals surface area contributed by atoms with Gasteiger partial charge in [0.05, 0.1) is 10.7 Å². The SMILES string of the molecule is Nc1cccc(C(=O)Nc2cc(Br)ccc2Cl)n1. The number of nitrogens with one attached hydrogen (secondary N) is 1. The smallest absolute Gasteiger partial charge is 0.274 e. The number of benzene rings is 1. The van der Waals surface area contributed by atoms with Gasteiger partial charge in [-0.25, -0.2) is 4.98 Å². The summed E-state index contributed by atoms with van der Waals surface area (Å²) < 4.78 is 0.822. The van der Waals surface area contributed by atoms with Crippen LogP contribution >= 0.6 is 27.5 Å². The molecule has 1 heterocycles. The van der Waals surface area contributed by atoms with Crippen molar-refractivity contribution in [3.63, 3.8) is 0 Å². The molecule has 0 radical (unpaired) electrons. The molecule has 0 aliphatic heterocycles. The predicted octanol–water partition coefficient (Wildman–Crippen LogP) is 3.33. The second kappa shape index (κ2) is 5.37. The van der Waals surface area contributed by atoms with Crippen LogP contribution in [0.2, 0.25) is 5.02 Å². The Hall–Kier alpha value is -1.59. The van der Waals surface area contributed by atoms with Crippen LogP contribution in [0.25, 0.3) is 0 Å². The van der Waals surface area contributed by atoms with Gasteiger partial charge >= 0.3 is 0 Å². The van der Waals surface area contributed by atoms with Crippen molar-refractivity contribution in [3.05, 3.63) is 51.6 Å². The fourth-order valence-corrected chi connectivity index (χ4v) is 1.88. The molecule has 2 rings (SSSR count). The molecule has 4 nitrogen and oxygen atoms in total. The van der Waals surface area contributed by atoms with E-state index < -0.39 is 0 Å². The van der Waals surface area contributed by atoms with Gasteiger partial charge in [-0.1, -0.05) is 33.6 Å². The molecule has 92 valence electrons. The van der Waals surface area contributed by atoms with Gasteiger partial charge in [0.2, 0.25) is 0 Å². The highest BCUT2D eigenvalue weighted by molar-refractivity contribution is 9.10. The second-order valence-electron chi connectivity index (χ2n) is 3.53. The number of carbonyl (C=O) groups is 1. The number of halogens is 2. The van der Waals surface area contributed by atoms with E-state index in [-0.39, 0.29) is 11.6 Å². The Morgan fingerprint density at radius 3 is 2.83 bits per heavy atom. The zero-order valence-corrected chi connectivity index (χ0v) is 11.5. The molecular weight excluding hydrogens is 318 g/mol. The lowest BCUT2D eigenvalue weighted by Gasteiger charge is -2.07. The first kappa shape index (κ1) is 12.9. The van der Waals surface area contributed by atoms with E-state index in [9.17, 15) is 4.79 Å². The molecule has 1 amide bonds. The van der Waals surface area contributed by atoms with E-state index in [4.69, 9.17) is 17.3 Å². The highest BCUT2D eigenvalue weighted by atomic mass is 79.9. The minimum absolute atomic E-state index is 0.242. The van der Waals surface area contributed by atoms with Crippen molar-refractivity contribution in [1.82, 2.24) is 4.98 Å². The molecule has 0 bridgehead atoms. The Morgan fingerprint density at radius 1 is 1.33 bits per heavy atom. The lowest BCUT2D eigenvalue weighted by molar-refractivity contribution is 0.102. The third kappa shape index (κ3) is 3.00. The number of hydrogen-bond donors (Lipinski definition) is 2. The summed E-state index contributed by atoms with van der Waals surface area (Å²) >= 11 is 9.29.